The first-order valence-corrected chi connectivity index (χ1v) is 7.35. The Hall–Kier alpha value is -0.610. The molecule has 0 saturated heterocycles. The Morgan fingerprint density at radius 1 is 1.35 bits per heavy atom. The third-order valence-corrected chi connectivity index (χ3v) is 5.02. The van der Waals surface area contributed by atoms with E-state index < -0.39 is 0 Å². The molecule has 1 aliphatic rings. The van der Waals surface area contributed by atoms with Crippen molar-refractivity contribution >= 4 is 11.8 Å². The van der Waals surface area contributed by atoms with E-state index in [2.05, 4.69) is 16.9 Å². The zero-order chi connectivity index (χ0) is 12.1. The number of aromatic nitrogens is 2. The first-order valence-electron chi connectivity index (χ1n) is 6.47. The van der Waals surface area contributed by atoms with Gasteiger partial charge < -0.3 is 5.73 Å². The predicted molar refractivity (Wildman–Crippen MR) is 71.9 cm³/mol. The standard InChI is InChI=1S/C13H21N3S/c1-2-10-4-5-11(9-14)12(8-10)17-13-15-6-3-7-16-13/h3,6-7,10-12H,2,4-5,8-9,14H2,1H3. The topological polar surface area (TPSA) is 51.8 Å². The van der Waals surface area contributed by atoms with Crippen LogP contribution in [0.1, 0.15) is 32.6 Å². The van der Waals surface area contributed by atoms with Crippen LogP contribution in [-0.4, -0.2) is 21.8 Å². The van der Waals surface area contributed by atoms with E-state index in [1.807, 2.05) is 30.2 Å². The molecule has 0 bridgehead atoms. The average Bonchev–Trinajstić information content (AvgIpc) is 2.40. The van der Waals surface area contributed by atoms with Crippen molar-refractivity contribution in [2.45, 2.75) is 43.0 Å². The van der Waals surface area contributed by atoms with Crippen molar-refractivity contribution in [1.29, 1.82) is 0 Å². The molecule has 1 fully saturated rings. The molecule has 1 saturated carbocycles. The summed E-state index contributed by atoms with van der Waals surface area (Å²) >= 11 is 1.81. The quantitative estimate of drug-likeness (QED) is 0.836. The maximum Gasteiger partial charge on any atom is 0.187 e. The number of thioether (sulfide) groups is 1. The summed E-state index contributed by atoms with van der Waals surface area (Å²) in [5, 5.41) is 1.49. The van der Waals surface area contributed by atoms with Crippen molar-refractivity contribution in [2.24, 2.45) is 17.6 Å². The Bertz CT molecular complexity index is 331. The Labute approximate surface area is 108 Å². The second-order valence-electron chi connectivity index (χ2n) is 4.77. The zero-order valence-electron chi connectivity index (χ0n) is 10.4. The molecule has 17 heavy (non-hydrogen) atoms. The van der Waals surface area contributed by atoms with Gasteiger partial charge in [0.2, 0.25) is 0 Å². The summed E-state index contributed by atoms with van der Waals surface area (Å²) in [4.78, 5) is 8.61. The molecule has 1 heterocycles. The van der Waals surface area contributed by atoms with E-state index >= 15 is 0 Å². The van der Waals surface area contributed by atoms with Crippen LogP contribution in [0.5, 0.6) is 0 Å². The van der Waals surface area contributed by atoms with Crippen molar-refractivity contribution < 1.29 is 0 Å². The van der Waals surface area contributed by atoms with Gasteiger partial charge in [0.1, 0.15) is 0 Å². The molecule has 0 amide bonds. The first kappa shape index (κ1) is 12.8. The van der Waals surface area contributed by atoms with Gasteiger partial charge in [0.15, 0.2) is 5.16 Å². The molecule has 94 valence electrons. The van der Waals surface area contributed by atoms with Crippen molar-refractivity contribution in [1.82, 2.24) is 9.97 Å². The highest BCUT2D eigenvalue weighted by atomic mass is 32.2. The molecule has 1 aromatic rings. The molecule has 4 heteroatoms. The molecule has 3 unspecified atom stereocenters. The van der Waals surface area contributed by atoms with Crippen LogP contribution in [0.25, 0.3) is 0 Å². The summed E-state index contributed by atoms with van der Waals surface area (Å²) in [7, 11) is 0. The van der Waals surface area contributed by atoms with Crippen molar-refractivity contribution in [3.63, 3.8) is 0 Å². The number of nitrogens with two attached hydrogens (primary N) is 1. The van der Waals surface area contributed by atoms with Gasteiger partial charge in [-0.2, -0.15) is 0 Å². The van der Waals surface area contributed by atoms with Crippen LogP contribution in [0.15, 0.2) is 23.6 Å². The van der Waals surface area contributed by atoms with Gasteiger partial charge in [0.25, 0.3) is 0 Å². The lowest BCUT2D eigenvalue weighted by atomic mass is 9.80. The van der Waals surface area contributed by atoms with E-state index in [0.717, 1.165) is 17.6 Å². The van der Waals surface area contributed by atoms with Gasteiger partial charge in [-0.1, -0.05) is 31.5 Å². The fourth-order valence-corrected chi connectivity index (χ4v) is 3.86. The normalized spacial score (nSPS) is 29.2. The molecule has 3 nitrogen and oxygen atoms in total. The van der Waals surface area contributed by atoms with Crippen LogP contribution in [0.4, 0.5) is 0 Å². The summed E-state index contributed by atoms with van der Waals surface area (Å²) in [5.74, 6) is 1.49. The third kappa shape index (κ3) is 3.42. The van der Waals surface area contributed by atoms with E-state index in [9.17, 15) is 0 Å². The molecule has 0 radical (unpaired) electrons. The highest BCUT2D eigenvalue weighted by Gasteiger charge is 2.30. The van der Waals surface area contributed by atoms with Gasteiger partial charge in [-0.3, -0.25) is 0 Å². The van der Waals surface area contributed by atoms with Gasteiger partial charge in [-0.15, -0.1) is 0 Å². The highest BCUT2D eigenvalue weighted by Crippen LogP contribution is 2.39. The molecule has 2 N–H and O–H groups in total. The minimum absolute atomic E-state index is 0.598. The zero-order valence-corrected chi connectivity index (χ0v) is 11.2. The third-order valence-electron chi connectivity index (χ3n) is 3.72. The van der Waals surface area contributed by atoms with E-state index in [0.29, 0.717) is 11.2 Å². The second-order valence-corrected chi connectivity index (χ2v) is 5.98. The molecule has 3 atom stereocenters. The molecule has 1 aromatic heterocycles. The summed E-state index contributed by atoms with van der Waals surface area (Å²) in [6, 6.07) is 1.86. The fraction of sp³-hybridized carbons (Fsp3) is 0.692. The number of nitrogens with zero attached hydrogens (tertiary/aromatic N) is 2. The molecular formula is C13H21N3S. The maximum absolute atomic E-state index is 5.88. The van der Waals surface area contributed by atoms with Crippen LogP contribution >= 0.6 is 11.8 Å². The van der Waals surface area contributed by atoms with Crippen LogP contribution in [0, 0.1) is 11.8 Å². The monoisotopic (exact) mass is 251 g/mol. The molecular weight excluding hydrogens is 230 g/mol. The lowest BCUT2D eigenvalue weighted by molar-refractivity contribution is 0.283. The van der Waals surface area contributed by atoms with Crippen molar-refractivity contribution in [3.8, 4) is 0 Å². The molecule has 0 aliphatic heterocycles. The Morgan fingerprint density at radius 2 is 2.12 bits per heavy atom. The molecule has 0 aromatic carbocycles. The molecule has 2 rings (SSSR count). The maximum atomic E-state index is 5.88. The lowest BCUT2D eigenvalue weighted by Crippen LogP contribution is -2.32. The minimum atomic E-state index is 0.598. The van der Waals surface area contributed by atoms with Crippen LogP contribution < -0.4 is 5.73 Å². The van der Waals surface area contributed by atoms with E-state index in [4.69, 9.17) is 5.73 Å². The summed E-state index contributed by atoms with van der Waals surface area (Å²) in [6.45, 7) is 3.08. The number of hydrogen-bond donors (Lipinski definition) is 1. The van der Waals surface area contributed by atoms with Crippen LogP contribution in [-0.2, 0) is 0 Å². The summed E-state index contributed by atoms with van der Waals surface area (Å²) in [5.41, 5.74) is 5.88. The Kier molecular flexibility index (Phi) is 4.80. The minimum Gasteiger partial charge on any atom is -0.330 e. The fourth-order valence-electron chi connectivity index (χ4n) is 2.54. The van der Waals surface area contributed by atoms with Gasteiger partial charge in [0, 0.05) is 17.6 Å². The van der Waals surface area contributed by atoms with E-state index in [1.54, 1.807) is 0 Å². The van der Waals surface area contributed by atoms with Crippen LogP contribution in [0.2, 0.25) is 0 Å². The second kappa shape index (κ2) is 6.36. The molecule has 0 spiro atoms. The first-order chi connectivity index (χ1) is 8.33. The number of hydrogen-bond acceptors (Lipinski definition) is 4. The van der Waals surface area contributed by atoms with Crippen molar-refractivity contribution in [3.05, 3.63) is 18.5 Å². The van der Waals surface area contributed by atoms with Gasteiger partial charge >= 0.3 is 0 Å². The largest absolute Gasteiger partial charge is 0.330 e. The van der Waals surface area contributed by atoms with E-state index in [1.165, 1.54) is 25.7 Å². The summed E-state index contributed by atoms with van der Waals surface area (Å²) in [6.07, 6.45) is 8.77. The predicted octanol–water partition coefficient (Wildman–Crippen LogP) is 2.72. The van der Waals surface area contributed by atoms with Crippen LogP contribution in [0.3, 0.4) is 0 Å². The lowest BCUT2D eigenvalue weighted by Gasteiger charge is -2.34. The van der Waals surface area contributed by atoms with Gasteiger partial charge in [0.05, 0.1) is 0 Å². The van der Waals surface area contributed by atoms with Gasteiger partial charge in [-0.25, -0.2) is 9.97 Å². The van der Waals surface area contributed by atoms with Gasteiger partial charge in [-0.05, 0) is 37.3 Å². The number of rotatable bonds is 4. The smallest absolute Gasteiger partial charge is 0.187 e. The Balaban J connectivity index is 2.00. The highest BCUT2D eigenvalue weighted by molar-refractivity contribution is 7.99. The average molecular weight is 251 g/mol. The van der Waals surface area contributed by atoms with E-state index in [-0.39, 0.29) is 0 Å². The SMILES string of the molecule is CCC1CCC(CN)C(Sc2ncccn2)C1. The molecule has 1 aliphatic carbocycles. The van der Waals surface area contributed by atoms with Crippen molar-refractivity contribution in [2.75, 3.05) is 6.54 Å². The Morgan fingerprint density at radius 3 is 2.76 bits per heavy atom. The summed E-state index contributed by atoms with van der Waals surface area (Å²) < 4.78 is 0.